The number of pyridine rings is 1. The molecule has 0 aliphatic rings. The maximum absolute atomic E-state index is 5.91. The van der Waals surface area contributed by atoms with Gasteiger partial charge in [0.15, 0.2) is 0 Å². The van der Waals surface area contributed by atoms with Crippen molar-refractivity contribution < 1.29 is 9.47 Å². The fourth-order valence-electron chi connectivity index (χ4n) is 2.33. The molecule has 0 fully saturated rings. The number of aromatic nitrogens is 1. The highest BCUT2D eigenvalue weighted by Crippen LogP contribution is 2.27. The third kappa shape index (κ3) is 4.35. The topological polar surface area (TPSA) is 31.4 Å². The van der Waals surface area contributed by atoms with Crippen molar-refractivity contribution in [3.8, 4) is 17.2 Å². The van der Waals surface area contributed by atoms with E-state index in [1.807, 2.05) is 48.5 Å². The number of ether oxygens (including phenoxy) is 2. The molecule has 3 nitrogen and oxygen atoms in total. The average Bonchev–Trinajstić information content (AvgIpc) is 2.62. The Hall–Kier alpha value is -2.81. The molecule has 3 rings (SSSR count). The molecule has 2 aromatic carbocycles. The zero-order valence-electron chi connectivity index (χ0n) is 14.0. The lowest BCUT2D eigenvalue weighted by Crippen LogP contribution is -1.96. The molecule has 0 N–H and O–H groups in total. The van der Waals surface area contributed by atoms with Gasteiger partial charge in [-0.2, -0.15) is 0 Å². The lowest BCUT2D eigenvalue weighted by Gasteiger charge is -2.10. The van der Waals surface area contributed by atoms with Crippen LogP contribution in [0.4, 0.5) is 0 Å². The maximum Gasteiger partial charge on any atom is 0.131 e. The Bertz CT molecular complexity index is 767. The van der Waals surface area contributed by atoms with Crippen molar-refractivity contribution in [2.45, 2.75) is 26.4 Å². The van der Waals surface area contributed by atoms with Crippen molar-refractivity contribution in [2.75, 3.05) is 0 Å². The van der Waals surface area contributed by atoms with Crippen LogP contribution in [0.1, 0.15) is 30.9 Å². The van der Waals surface area contributed by atoms with Crippen LogP contribution >= 0.6 is 0 Å². The van der Waals surface area contributed by atoms with Gasteiger partial charge in [-0.3, -0.25) is 4.98 Å². The first-order chi connectivity index (χ1) is 11.7. The van der Waals surface area contributed by atoms with E-state index in [9.17, 15) is 0 Å². The third-order valence-electron chi connectivity index (χ3n) is 3.72. The molecular weight excluding hydrogens is 298 g/mol. The van der Waals surface area contributed by atoms with E-state index in [0.717, 1.165) is 22.8 Å². The van der Waals surface area contributed by atoms with Gasteiger partial charge in [0, 0.05) is 24.0 Å². The normalized spacial score (nSPS) is 10.6. The molecule has 24 heavy (non-hydrogen) atoms. The molecule has 3 aromatic rings. The smallest absolute Gasteiger partial charge is 0.131 e. The van der Waals surface area contributed by atoms with Crippen LogP contribution in [-0.4, -0.2) is 4.98 Å². The first-order valence-corrected chi connectivity index (χ1v) is 8.10. The van der Waals surface area contributed by atoms with Crippen LogP contribution in [0.25, 0.3) is 0 Å². The summed E-state index contributed by atoms with van der Waals surface area (Å²) in [6.45, 7) is 4.85. The van der Waals surface area contributed by atoms with Gasteiger partial charge in [0.05, 0.1) is 0 Å². The van der Waals surface area contributed by atoms with Gasteiger partial charge in [-0.15, -0.1) is 0 Å². The van der Waals surface area contributed by atoms with Crippen LogP contribution < -0.4 is 9.47 Å². The molecule has 0 radical (unpaired) electrons. The summed E-state index contributed by atoms with van der Waals surface area (Å²) < 4.78 is 11.7. The van der Waals surface area contributed by atoms with Crippen molar-refractivity contribution in [3.63, 3.8) is 0 Å². The highest BCUT2D eigenvalue weighted by molar-refractivity contribution is 5.38. The van der Waals surface area contributed by atoms with Crippen molar-refractivity contribution in [3.05, 3.63) is 84.2 Å². The van der Waals surface area contributed by atoms with Gasteiger partial charge < -0.3 is 9.47 Å². The van der Waals surface area contributed by atoms with Crippen LogP contribution in [0.3, 0.4) is 0 Å². The summed E-state index contributed by atoms with van der Waals surface area (Å²) in [5.74, 6) is 2.87. The Labute approximate surface area is 142 Å². The van der Waals surface area contributed by atoms with Crippen LogP contribution in [0, 0.1) is 0 Å². The minimum atomic E-state index is 0.486. The largest absolute Gasteiger partial charge is 0.489 e. The monoisotopic (exact) mass is 319 g/mol. The molecule has 0 amide bonds. The number of benzene rings is 2. The van der Waals surface area contributed by atoms with Gasteiger partial charge in [-0.1, -0.05) is 38.1 Å². The van der Waals surface area contributed by atoms with Crippen molar-refractivity contribution in [1.82, 2.24) is 4.98 Å². The Morgan fingerprint density at radius 1 is 0.875 bits per heavy atom. The van der Waals surface area contributed by atoms with Gasteiger partial charge >= 0.3 is 0 Å². The molecule has 122 valence electrons. The van der Waals surface area contributed by atoms with Gasteiger partial charge in [-0.25, -0.2) is 0 Å². The fourth-order valence-corrected chi connectivity index (χ4v) is 2.33. The number of rotatable bonds is 6. The Morgan fingerprint density at radius 2 is 1.67 bits per heavy atom. The van der Waals surface area contributed by atoms with Crippen molar-refractivity contribution >= 4 is 0 Å². The molecule has 0 bridgehead atoms. The van der Waals surface area contributed by atoms with Gasteiger partial charge in [0.1, 0.15) is 23.9 Å². The molecule has 3 heteroatoms. The predicted molar refractivity (Wildman–Crippen MR) is 95.6 cm³/mol. The predicted octanol–water partition coefficient (Wildman–Crippen LogP) is 5.58. The van der Waals surface area contributed by atoms with E-state index in [0.29, 0.717) is 12.5 Å². The zero-order valence-corrected chi connectivity index (χ0v) is 14.0. The molecule has 0 atom stereocenters. The van der Waals surface area contributed by atoms with Crippen molar-refractivity contribution in [1.29, 1.82) is 0 Å². The molecule has 0 aliphatic heterocycles. The van der Waals surface area contributed by atoms with E-state index in [1.165, 1.54) is 5.56 Å². The molecule has 0 saturated heterocycles. The van der Waals surface area contributed by atoms with E-state index in [1.54, 1.807) is 12.4 Å². The standard InChI is InChI=1S/C21H21NO2/c1-16(2)18-8-10-19(11-9-18)24-21-7-3-6-20(13-21)23-15-17-5-4-12-22-14-17/h3-14,16H,15H2,1-2H3. The summed E-state index contributed by atoms with van der Waals surface area (Å²) in [6, 6.07) is 19.8. The van der Waals surface area contributed by atoms with E-state index < -0.39 is 0 Å². The van der Waals surface area contributed by atoms with Gasteiger partial charge in [0.25, 0.3) is 0 Å². The third-order valence-corrected chi connectivity index (χ3v) is 3.72. The summed E-state index contributed by atoms with van der Waals surface area (Å²) in [7, 11) is 0. The first kappa shape index (κ1) is 16.1. The van der Waals surface area contributed by atoms with E-state index in [-0.39, 0.29) is 0 Å². The van der Waals surface area contributed by atoms with Crippen LogP contribution in [0.2, 0.25) is 0 Å². The molecule has 1 heterocycles. The van der Waals surface area contributed by atoms with Crippen LogP contribution in [0.5, 0.6) is 17.2 Å². The highest BCUT2D eigenvalue weighted by atomic mass is 16.5. The van der Waals surface area contributed by atoms with E-state index >= 15 is 0 Å². The highest BCUT2D eigenvalue weighted by Gasteiger charge is 2.03. The quantitative estimate of drug-likeness (QED) is 0.594. The summed E-state index contributed by atoms with van der Waals surface area (Å²) in [5.41, 5.74) is 2.34. The lowest BCUT2D eigenvalue weighted by molar-refractivity contribution is 0.304. The Kier molecular flexibility index (Phi) is 5.12. The number of hydrogen-bond acceptors (Lipinski definition) is 3. The first-order valence-electron chi connectivity index (χ1n) is 8.10. The molecule has 1 aromatic heterocycles. The Morgan fingerprint density at radius 3 is 2.38 bits per heavy atom. The van der Waals surface area contributed by atoms with E-state index in [2.05, 4.69) is 31.0 Å². The molecule has 0 aliphatic carbocycles. The fraction of sp³-hybridized carbons (Fsp3) is 0.190. The summed E-state index contributed by atoms with van der Waals surface area (Å²) in [4.78, 5) is 4.09. The lowest BCUT2D eigenvalue weighted by atomic mass is 10.0. The van der Waals surface area contributed by atoms with Crippen LogP contribution in [-0.2, 0) is 6.61 Å². The van der Waals surface area contributed by atoms with E-state index in [4.69, 9.17) is 9.47 Å². The summed E-state index contributed by atoms with van der Waals surface area (Å²) in [6.07, 6.45) is 3.55. The SMILES string of the molecule is CC(C)c1ccc(Oc2cccc(OCc3cccnc3)c2)cc1. The summed E-state index contributed by atoms with van der Waals surface area (Å²) >= 11 is 0. The number of hydrogen-bond donors (Lipinski definition) is 0. The van der Waals surface area contributed by atoms with Crippen molar-refractivity contribution in [2.24, 2.45) is 0 Å². The molecule has 0 unspecified atom stereocenters. The minimum Gasteiger partial charge on any atom is -0.489 e. The van der Waals surface area contributed by atoms with Gasteiger partial charge in [0.2, 0.25) is 0 Å². The summed E-state index contributed by atoms with van der Waals surface area (Å²) in [5, 5.41) is 0. The second-order valence-corrected chi connectivity index (χ2v) is 5.95. The molecule has 0 saturated carbocycles. The zero-order chi connectivity index (χ0) is 16.8. The minimum absolute atomic E-state index is 0.486. The second kappa shape index (κ2) is 7.64. The number of nitrogens with zero attached hydrogens (tertiary/aromatic N) is 1. The second-order valence-electron chi connectivity index (χ2n) is 5.95. The molecular formula is C21H21NO2. The Balaban J connectivity index is 1.64. The molecule has 0 spiro atoms. The van der Waals surface area contributed by atoms with Crippen LogP contribution in [0.15, 0.2) is 73.1 Å². The maximum atomic E-state index is 5.91. The van der Waals surface area contributed by atoms with Gasteiger partial charge in [-0.05, 0) is 41.8 Å². The average molecular weight is 319 g/mol.